The molecule has 3 N–H and O–H groups in total. The minimum atomic E-state index is -0.620. The van der Waals surface area contributed by atoms with Crippen LogP contribution in [0.2, 0.25) is 5.02 Å². The van der Waals surface area contributed by atoms with E-state index in [0.29, 0.717) is 23.0 Å². The quantitative estimate of drug-likeness (QED) is 0.754. The largest absolute Gasteiger partial charge is 0.495 e. The average molecular weight is 314 g/mol. The second-order valence-corrected chi connectivity index (χ2v) is 4.87. The van der Waals surface area contributed by atoms with Crippen LogP contribution < -0.4 is 20.7 Å². The summed E-state index contributed by atoms with van der Waals surface area (Å²) in [7, 11) is 1.51. The number of hydrogen-bond acceptors (Lipinski definition) is 3. The Morgan fingerprint density at radius 1 is 1.38 bits per heavy atom. The van der Waals surface area contributed by atoms with E-state index in [1.807, 2.05) is 6.92 Å². The van der Waals surface area contributed by atoms with Gasteiger partial charge in [-0.3, -0.25) is 4.79 Å². The van der Waals surface area contributed by atoms with Gasteiger partial charge in [-0.25, -0.2) is 4.79 Å². The monoisotopic (exact) mass is 313 g/mol. The van der Waals surface area contributed by atoms with Crippen LogP contribution in [-0.2, 0) is 4.79 Å². The van der Waals surface area contributed by atoms with Gasteiger partial charge >= 0.3 is 6.03 Å². The molecule has 1 unspecified atom stereocenters. The minimum absolute atomic E-state index is 0.222. The van der Waals surface area contributed by atoms with Crippen molar-refractivity contribution in [1.29, 1.82) is 0 Å². The van der Waals surface area contributed by atoms with Gasteiger partial charge in [0, 0.05) is 12.2 Å². The van der Waals surface area contributed by atoms with Crippen molar-refractivity contribution in [3.8, 4) is 5.75 Å². The third-order valence-corrected chi connectivity index (χ3v) is 3.00. The number of ether oxygens (including phenoxy) is 1. The van der Waals surface area contributed by atoms with E-state index >= 15 is 0 Å². The highest BCUT2D eigenvalue weighted by Gasteiger charge is 2.15. The van der Waals surface area contributed by atoms with Crippen LogP contribution in [0, 0.1) is 0 Å². The van der Waals surface area contributed by atoms with Crippen molar-refractivity contribution in [1.82, 2.24) is 10.6 Å². The highest BCUT2D eigenvalue weighted by atomic mass is 35.5. The summed E-state index contributed by atoms with van der Waals surface area (Å²) in [5.41, 5.74) is 0.513. The van der Waals surface area contributed by atoms with Crippen LogP contribution >= 0.6 is 11.6 Å². The Bertz CT molecular complexity index is 508. The Hall–Kier alpha value is -1.95. The molecule has 0 fully saturated rings. The molecular formula is C14H20ClN3O3. The topological polar surface area (TPSA) is 79.5 Å². The summed E-state index contributed by atoms with van der Waals surface area (Å²) in [6.07, 6.45) is 0.842. The summed E-state index contributed by atoms with van der Waals surface area (Å²) in [4.78, 5) is 23.4. The summed E-state index contributed by atoms with van der Waals surface area (Å²) in [5.74, 6) is 0.301. The number of amides is 3. The highest BCUT2D eigenvalue weighted by Crippen LogP contribution is 2.27. The van der Waals surface area contributed by atoms with Gasteiger partial charge in [-0.05, 0) is 31.5 Å². The fourth-order valence-corrected chi connectivity index (χ4v) is 1.83. The number of hydrogen-bond donors (Lipinski definition) is 3. The molecule has 7 heteroatoms. The van der Waals surface area contributed by atoms with Gasteiger partial charge in [0.2, 0.25) is 5.91 Å². The lowest BCUT2D eigenvalue weighted by Crippen LogP contribution is -2.46. The molecule has 1 rings (SSSR count). The van der Waals surface area contributed by atoms with Gasteiger partial charge in [-0.2, -0.15) is 0 Å². The van der Waals surface area contributed by atoms with Crippen LogP contribution in [0.25, 0.3) is 0 Å². The van der Waals surface area contributed by atoms with Crippen molar-refractivity contribution in [2.75, 3.05) is 19.0 Å². The van der Waals surface area contributed by atoms with Crippen molar-refractivity contribution in [2.24, 2.45) is 0 Å². The Kier molecular flexibility index (Phi) is 6.81. The van der Waals surface area contributed by atoms with Crippen molar-refractivity contribution >= 4 is 29.2 Å². The molecule has 1 atom stereocenters. The Balaban J connectivity index is 2.53. The Labute approximate surface area is 129 Å². The molecule has 3 amide bonds. The van der Waals surface area contributed by atoms with E-state index in [1.165, 1.54) is 7.11 Å². The lowest BCUT2D eigenvalue weighted by Gasteiger charge is -2.15. The lowest BCUT2D eigenvalue weighted by molar-refractivity contribution is -0.122. The van der Waals surface area contributed by atoms with E-state index in [2.05, 4.69) is 16.0 Å². The third kappa shape index (κ3) is 5.51. The first-order chi connectivity index (χ1) is 9.97. The van der Waals surface area contributed by atoms with Crippen LogP contribution in [0.5, 0.6) is 5.75 Å². The van der Waals surface area contributed by atoms with Gasteiger partial charge in [-0.15, -0.1) is 0 Å². The molecule has 1 aromatic carbocycles. The first-order valence-electron chi connectivity index (χ1n) is 6.66. The Morgan fingerprint density at radius 2 is 2.10 bits per heavy atom. The van der Waals surface area contributed by atoms with E-state index in [1.54, 1.807) is 25.1 Å². The van der Waals surface area contributed by atoms with Crippen LogP contribution in [0.15, 0.2) is 18.2 Å². The molecule has 0 aliphatic rings. The number of methoxy groups -OCH3 is 1. The molecule has 116 valence electrons. The molecule has 0 saturated heterocycles. The molecular weight excluding hydrogens is 294 g/mol. The first kappa shape index (κ1) is 17.1. The number of urea groups is 1. The number of nitrogens with one attached hydrogen (secondary N) is 3. The molecule has 0 saturated carbocycles. The van der Waals surface area contributed by atoms with Crippen molar-refractivity contribution in [2.45, 2.75) is 26.3 Å². The molecule has 21 heavy (non-hydrogen) atoms. The maximum atomic E-state index is 11.8. The zero-order valence-electron chi connectivity index (χ0n) is 12.3. The number of rotatable bonds is 6. The number of carbonyl (C=O) groups is 2. The molecule has 1 aromatic rings. The SMILES string of the molecule is CCCNC(=O)C(C)NC(=O)Nc1ccc(OC)c(Cl)c1. The predicted molar refractivity (Wildman–Crippen MR) is 82.9 cm³/mol. The van der Waals surface area contributed by atoms with Gasteiger partial charge in [0.25, 0.3) is 0 Å². The molecule has 0 heterocycles. The normalized spacial score (nSPS) is 11.4. The fraction of sp³-hybridized carbons (Fsp3) is 0.429. The zero-order valence-corrected chi connectivity index (χ0v) is 13.1. The van der Waals surface area contributed by atoms with Gasteiger partial charge in [0.05, 0.1) is 12.1 Å². The smallest absolute Gasteiger partial charge is 0.319 e. The van der Waals surface area contributed by atoms with Gasteiger partial charge in [-0.1, -0.05) is 18.5 Å². The van der Waals surface area contributed by atoms with Crippen molar-refractivity contribution in [3.05, 3.63) is 23.2 Å². The second-order valence-electron chi connectivity index (χ2n) is 4.46. The molecule has 6 nitrogen and oxygen atoms in total. The standard InChI is InChI=1S/C14H20ClN3O3/c1-4-7-16-13(19)9(2)17-14(20)18-10-5-6-12(21-3)11(15)8-10/h5-6,8-9H,4,7H2,1-3H3,(H,16,19)(H2,17,18,20). The zero-order chi connectivity index (χ0) is 15.8. The minimum Gasteiger partial charge on any atom is -0.495 e. The molecule has 0 spiro atoms. The number of anilines is 1. The lowest BCUT2D eigenvalue weighted by atomic mass is 10.3. The van der Waals surface area contributed by atoms with E-state index < -0.39 is 12.1 Å². The van der Waals surface area contributed by atoms with Gasteiger partial charge in [0.15, 0.2) is 0 Å². The summed E-state index contributed by atoms with van der Waals surface area (Å²) < 4.78 is 5.03. The summed E-state index contributed by atoms with van der Waals surface area (Å²) in [5, 5.41) is 8.25. The van der Waals surface area contributed by atoms with Crippen LogP contribution in [0.4, 0.5) is 10.5 Å². The molecule has 0 bridgehead atoms. The van der Waals surface area contributed by atoms with E-state index in [4.69, 9.17) is 16.3 Å². The van der Waals surface area contributed by atoms with Crippen LogP contribution in [0.1, 0.15) is 20.3 Å². The Morgan fingerprint density at radius 3 is 2.67 bits per heavy atom. The highest BCUT2D eigenvalue weighted by molar-refractivity contribution is 6.32. The van der Waals surface area contributed by atoms with Crippen molar-refractivity contribution in [3.63, 3.8) is 0 Å². The number of halogens is 1. The third-order valence-electron chi connectivity index (χ3n) is 2.70. The second kappa shape index (κ2) is 8.36. The van der Waals surface area contributed by atoms with Gasteiger partial charge < -0.3 is 20.7 Å². The van der Waals surface area contributed by atoms with Crippen molar-refractivity contribution < 1.29 is 14.3 Å². The maximum Gasteiger partial charge on any atom is 0.319 e. The summed E-state index contributed by atoms with van der Waals surface area (Å²) in [6, 6.07) is 3.78. The predicted octanol–water partition coefficient (Wildman–Crippen LogP) is 2.38. The van der Waals surface area contributed by atoms with E-state index in [0.717, 1.165) is 6.42 Å². The fourth-order valence-electron chi connectivity index (χ4n) is 1.57. The molecule has 0 aromatic heterocycles. The summed E-state index contributed by atoms with van der Waals surface area (Å²) >= 11 is 5.97. The average Bonchev–Trinajstić information content (AvgIpc) is 2.44. The molecule has 0 aliphatic carbocycles. The first-order valence-corrected chi connectivity index (χ1v) is 7.04. The summed E-state index contributed by atoms with van der Waals surface area (Å²) in [6.45, 7) is 4.16. The number of carbonyl (C=O) groups excluding carboxylic acids is 2. The molecule has 0 aliphatic heterocycles. The number of benzene rings is 1. The maximum absolute atomic E-state index is 11.8. The van der Waals surface area contributed by atoms with Crippen LogP contribution in [0.3, 0.4) is 0 Å². The van der Waals surface area contributed by atoms with Crippen LogP contribution in [-0.4, -0.2) is 31.6 Å². The molecule has 0 radical (unpaired) electrons. The van der Waals surface area contributed by atoms with Gasteiger partial charge in [0.1, 0.15) is 11.8 Å². The van der Waals surface area contributed by atoms with E-state index in [9.17, 15) is 9.59 Å². The van der Waals surface area contributed by atoms with E-state index in [-0.39, 0.29) is 5.91 Å².